The fourth-order valence-corrected chi connectivity index (χ4v) is 10.9. The molecule has 0 unspecified atom stereocenters. The van der Waals surface area contributed by atoms with Gasteiger partial charge in [0.05, 0.1) is 33.5 Å². The van der Waals surface area contributed by atoms with Crippen molar-refractivity contribution in [3.05, 3.63) is 217 Å². The van der Waals surface area contributed by atoms with Crippen LogP contribution in [0.3, 0.4) is 0 Å². The maximum Gasteiger partial charge on any atom is 0.235 e. The van der Waals surface area contributed by atoms with Crippen LogP contribution < -0.4 is 0 Å². The fraction of sp³-hybridized carbons (Fsp3) is 0.0492. The van der Waals surface area contributed by atoms with Crippen molar-refractivity contribution in [1.82, 2.24) is 19.1 Å². The zero-order valence-electron chi connectivity index (χ0n) is 36.3. The maximum atomic E-state index is 6.42. The highest BCUT2D eigenvalue weighted by Gasteiger charge is 2.37. The topological polar surface area (TPSA) is 48.8 Å². The van der Waals surface area contributed by atoms with E-state index in [4.69, 9.17) is 14.4 Å². The van der Waals surface area contributed by atoms with Crippen LogP contribution in [0.25, 0.3) is 122 Å². The molecular weight excluding hydrogens is 805 g/mol. The number of furan rings is 1. The van der Waals surface area contributed by atoms with Gasteiger partial charge >= 0.3 is 0 Å². The van der Waals surface area contributed by atoms with Gasteiger partial charge in [0.25, 0.3) is 0 Å². The second-order valence-electron chi connectivity index (χ2n) is 18.2. The molecule has 13 aromatic rings. The van der Waals surface area contributed by atoms with Gasteiger partial charge in [0.2, 0.25) is 5.95 Å². The predicted octanol–water partition coefficient (Wildman–Crippen LogP) is 15.9. The monoisotopic (exact) mass is 844 g/mol. The molecule has 14 rings (SSSR count). The Morgan fingerprint density at radius 2 is 0.939 bits per heavy atom. The SMILES string of the molecule is CC1(C)c2ccc(-c3ccc4c5cc6c(cc5n(-c5ccccc5)c4c3)oc3ccccc36)cc2-c2cc3c4ccccc4n(-c4nc(-c5ccccc5)cc(-c5ccccc5)n4)c3cc21. The number of fused-ring (bicyclic) bond motifs is 12. The summed E-state index contributed by atoms with van der Waals surface area (Å²) in [5.74, 6) is 0.655. The summed E-state index contributed by atoms with van der Waals surface area (Å²) in [6, 6.07) is 74.1. The van der Waals surface area contributed by atoms with Crippen LogP contribution >= 0.6 is 0 Å². The van der Waals surface area contributed by atoms with Crippen molar-refractivity contribution in [2.45, 2.75) is 19.3 Å². The molecule has 5 nitrogen and oxygen atoms in total. The fourth-order valence-electron chi connectivity index (χ4n) is 10.9. The summed E-state index contributed by atoms with van der Waals surface area (Å²) in [5, 5.41) is 7.05. The third-order valence-electron chi connectivity index (χ3n) is 14.1. The van der Waals surface area contributed by atoms with E-state index >= 15 is 0 Å². The first-order chi connectivity index (χ1) is 32.5. The van der Waals surface area contributed by atoms with E-state index in [-0.39, 0.29) is 5.41 Å². The Hall–Kier alpha value is -8.54. The summed E-state index contributed by atoms with van der Waals surface area (Å²) in [7, 11) is 0. The molecule has 0 bridgehead atoms. The van der Waals surface area contributed by atoms with Crippen LogP contribution in [0.1, 0.15) is 25.0 Å². The number of nitrogens with zero attached hydrogens (tertiary/aromatic N) is 4. The van der Waals surface area contributed by atoms with Gasteiger partial charge < -0.3 is 8.98 Å². The van der Waals surface area contributed by atoms with E-state index in [1.807, 2.05) is 18.2 Å². The van der Waals surface area contributed by atoms with Gasteiger partial charge in [-0.25, -0.2) is 9.97 Å². The first-order valence-corrected chi connectivity index (χ1v) is 22.6. The van der Waals surface area contributed by atoms with E-state index in [0.29, 0.717) is 5.95 Å². The molecule has 0 radical (unpaired) electrons. The summed E-state index contributed by atoms with van der Waals surface area (Å²) < 4.78 is 11.1. The molecule has 66 heavy (non-hydrogen) atoms. The van der Waals surface area contributed by atoms with Gasteiger partial charge in [-0.2, -0.15) is 0 Å². The molecule has 0 spiro atoms. The van der Waals surface area contributed by atoms with E-state index in [1.165, 1.54) is 54.9 Å². The van der Waals surface area contributed by atoms with Crippen molar-refractivity contribution in [2.24, 2.45) is 0 Å². The van der Waals surface area contributed by atoms with Crippen LogP contribution in [0.15, 0.2) is 211 Å². The smallest absolute Gasteiger partial charge is 0.235 e. The normalized spacial score (nSPS) is 13.1. The van der Waals surface area contributed by atoms with E-state index in [1.54, 1.807) is 0 Å². The molecule has 310 valence electrons. The number of aromatic nitrogens is 4. The van der Waals surface area contributed by atoms with Crippen molar-refractivity contribution in [3.63, 3.8) is 0 Å². The van der Waals surface area contributed by atoms with Crippen LogP contribution in [-0.2, 0) is 5.41 Å². The molecule has 0 aliphatic heterocycles. The third-order valence-corrected chi connectivity index (χ3v) is 14.1. The second kappa shape index (κ2) is 13.7. The van der Waals surface area contributed by atoms with Crippen LogP contribution in [0.4, 0.5) is 0 Å². The summed E-state index contributed by atoms with van der Waals surface area (Å²) in [6.07, 6.45) is 0. The Labute approximate surface area is 380 Å². The zero-order chi connectivity index (χ0) is 43.7. The average molecular weight is 845 g/mol. The molecule has 0 saturated carbocycles. The predicted molar refractivity (Wildman–Crippen MR) is 272 cm³/mol. The molecule has 0 amide bonds. The van der Waals surface area contributed by atoms with E-state index < -0.39 is 0 Å². The second-order valence-corrected chi connectivity index (χ2v) is 18.2. The first-order valence-electron chi connectivity index (χ1n) is 22.6. The molecule has 0 saturated heterocycles. The molecule has 0 fully saturated rings. The van der Waals surface area contributed by atoms with Crippen molar-refractivity contribution in [3.8, 4) is 56.4 Å². The number of benzene rings is 9. The Bertz CT molecular complexity index is 4060. The highest BCUT2D eigenvalue weighted by Crippen LogP contribution is 2.52. The molecule has 4 heterocycles. The largest absolute Gasteiger partial charge is 0.456 e. The molecule has 0 atom stereocenters. The Morgan fingerprint density at radius 3 is 1.70 bits per heavy atom. The minimum absolute atomic E-state index is 0.245. The minimum Gasteiger partial charge on any atom is -0.456 e. The lowest BCUT2D eigenvalue weighted by Crippen LogP contribution is -2.15. The standard InChI is InChI=1S/C61H40N4O/c1-61(2)50-29-27-39(40-26-28-43-48-33-49-44-23-13-15-25-58(44)66-59(49)36-57(48)64(55(43)31-40)41-20-10-5-11-21-41)30-45(50)46-32-47-42-22-12-14-24-54(42)65(56(47)34-51(46)61)60-62-52(37-16-6-3-7-17-37)35-53(63-60)38-18-8-4-9-19-38/h3-36H,1-2H3. The summed E-state index contributed by atoms with van der Waals surface area (Å²) in [5.41, 5.74) is 18.5. The molecule has 9 aromatic carbocycles. The Kier molecular flexibility index (Phi) is 7.68. The molecule has 1 aliphatic carbocycles. The number of rotatable bonds is 5. The van der Waals surface area contributed by atoms with Crippen LogP contribution in [0, 0.1) is 0 Å². The number of hydrogen-bond donors (Lipinski definition) is 0. The van der Waals surface area contributed by atoms with Crippen LogP contribution in [-0.4, -0.2) is 19.1 Å². The summed E-state index contributed by atoms with van der Waals surface area (Å²) >= 11 is 0. The van der Waals surface area contributed by atoms with Crippen molar-refractivity contribution in [1.29, 1.82) is 0 Å². The maximum absolute atomic E-state index is 6.42. The number of hydrogen-bond acceptors (Lipinski definition) is 3. The van der Waals surface area contributed by atoms with E-state index in [2.05, 4.69) is 211 Å². The Balaban J connectivity index is 0.952. The lowest BCUT2D eigenvalue weighted by molar-refractivity contribution is 0.661. The van der Waals surface area contributed by atoms with Crippen molar-refractivity contribution in [2.75, 3.05) is 0 Å². The van der Waals surface area contributed by atoms with Gasteiger partial charge in [0, 0.05) is 60.6 Å². The minimum atomic E-state index is -0.245. The highest BCUT2D eigenvalue weighted by molar-refractivity contribution is 6.18. The number of para-hydroxylation sites is 3. The van der Waals surface area contributed by atoms with Gasteiger partial charge in [-0.05, 0) is 94.0 Å². The molecule has 4 aromatic heterocycles. The van der Waals surface area contributed by atoms with E-state index in [9.17, 15) is 0 Å². The van der Waals surface area contributed by atoms with Gasteiger partial charge in [-0.3, -0.25) is 4.57 Å². The van der Waals surface area contributed by atoms with Gasteiger partial charge in [0.15, 0.2) is 0 Å². The van der Waals surface area contributed by atoms with Crippen molar-refractivity contribution >= 4 is 65.6 Å². The van der Waals surface area contributed by atoms with Gasteiger partial charge in [-0.15, -0.1) is 0 Å². The highest BCUT2D eigenvalue weighted by atomic mass is 16.3. The zero-order valence-corrected chi connectivity index (χ0v) is 36.3. The molecular formula is C61H40N4O. The molecule has 0 N–H and O–H groups in total. The summed E-state index contributed by atoms with van der Waals surface area (Å²) in [6.45, 7) is 4.72. The lowest BCUT2D eigenvalue weighted by atomic mass is 9.82. The van der Waals surface area contributed by atoms with Crippen LogP contribution in [0.5, 0.6) is 0 Å². The average Bonchev–Trinajstić information content (AvgIpc) is 4.07. The first kappa shape index (κ1) is 36.9. The van der Waals surface area contributed by atoms with Crippen molar-refractivity contribution < 1.29 is 4.42 Å². The lowest BCUT2D eigenvalue weighted by Gasteiger charge is -2.22. The van der Waals surface area contributed by atoms with Gasteiger partial charge in [-0.1, -0.05) is 153 Å². The molecule has 1 aliphatic rings. The summed E-state index contributed by atoms with van der Waals surface area (Å²) in [4.78, 5) is 10.6. The van der Waals surface area contributed by atoms with Gasteiger partial charge in [0.1, 0.15) is 11.2 Å². The third kappa shape index (κ3) is 5.34. The Morgan fingerprint density at radius 1 is 0.364 bits per heavy atom. The molecule has 5 heteroatoms. The van der Waals surface area contributed by atoms with Crippen LogP contribution in [0.2, 0.25) is 0 Å². The van der Waals surface area contributed by atoms with E-state index in [0.717, 1.165) is 72.2 Å². The quantitative estimate of drug-likeness (QED) is 0.173.